The number of carbonyl (C=O) groups is 3. The summed E-state index contributed by atoms with van der Waals surface area (Å²) in [6.45, 7) is 6.65. The van der Waals surface area contributed by atoms with Gasteiger partial charge in [-0.2, -0.15) is 0 Å². The molecule has 0 unspecified atom stereocenters. The van der Waals surface area contributed by atoms with E-state index in [4.69, 9.17) is 15.2 Å². The van der Waals surface area contributed by atoms with E-state index >= 15 is 0 Å². The first-order valence-electron chi connectivity index (χ1n) is 8.41. The zero-order valence-electron chi connectivity index (χ0n) is 15.7. The minimum absolute atomic E-state index is 0.256. The highest BCUT2D eigenvalue weighted by molar-refractivity contribution is 6.06. The molecule has 2 amide bonds. The molecule has 0 aliphatic heterocycles. The molecule has 1 aromatic carbocycles. The second-order valence-electron chi connectivity index (χ2n) is 6.32. The topological polar surface area (TPSA) is 124 Å². The Morgan fingerprint density at radius 2 is 1.93 bits per heavy atom. The van der Waals surface area contributed by atoms with Crippen molar-refractivity contribution < 1.29 is 23.9 Å². The average Bonchev–Trinajstić information content (AvgIpc) is 2.87. The van der Waals surface area contributed by atoms with Crippen LogP contribution in [0.4, 0.5) is 5.69 Å². The molecule has 27 heavy (non-hydrogen) atoms. The first kappa shape index (κ1) is 20.0. The van der Waals surface area contributed by atoms with Crippen molar-refractivity contribution in [3.8, 4) is 5.75 Å². The van der Waals surface area contributed by atoms with Crippen LogP contribution in [-0.4, -0.2) is 35.5 Å². The number of esters is 1. The molecular weight excluding hydrogens is 350 g/mol. The number of aryl methyl sites for hydroxylation is 1. The summed E-state index contributed by atoms with van der Waals surface area (Å²) in [5.41, 5.74) is 7.21. The van der Waals surface area contributed by atoms with Crippen molar-refractivity contribution in [2.24, 2.45) is 5.73 Å². The number of H-pyrrole nitrogens is 1. The average molecular weight is 373 g/mol. The number of rotatable bonds is 7. The van der Waals surface area contributed by atoms with Crippen LogP contribution in [0.2, 0.25) is 0 Å². The second kappa shape index (κ2) is 8.39. The molecule has 1 aromatic heterocycles. The Morgan fingerprint density at radius 1 is 1.22 bits per heavy atom. The second-order valence-corrected chi connectivity index (χ2v) is 6.32. The normalized spacial score (nSPS) is 10.6. The van der Waals surface area contributed by atoms with Gasteiger partial charge in [-0.3, -0.25) is 9.59 Å². The van der Waals surface area contributed by atoms with Crippen LogP contribution < -0.4 is 15.8 Å². The SMILES string of the molecule is Cc1[nH]c(C(=O)Nc2cccc(OCC(N)=O)c2)c(C)c1C(=O)OC(C)C. The van der Waals surface area contributed by atoms with Crippen LogP contribution in [0, 0.1) is 13.8 Å². The minimum Gasteiger partial charge on any atom is -0.484 e. The van der Waals surface area contributed by atoms with Crippen LogP contribution in [0.3, 0.4) is 0 Å². The molecular formula is C19H23N3O5. The third kappa shape index (κ3) is 5.10. The summed E-state index contributed by atoms with van der Waals surface area (Å²) in [6, 6.07) is 6.56. The number of aromatic nitrogens is 1. The fraction of sp³-hybridized carbons (Fsp3) is 0.316. The molecule has 0 saturated carbocycles. The van der Waals surface area contributed by atoms with E-state index in [9.17, 15) is 14.4 Å². The van der Waals surface area contributed by atoms with Gasteiger partial charge in [-0.1, -0.05) is 6.07 Å². The van der Waals surface area contributed by atoms with E-state index in [2.05, 4.69) is 10.3 Å². The van der Waals surface area contributed by atoms with Crippen LogP contribution in [0.25, 0.3) is 0 Å². The van der Waals surface area contributed by atoms with Crippen molar-refractivity contribution >= 4 is 23.5 Å². The van der Waals surface area contributed by atoms with E-state index in [0.29, 0.717) is 28.3 Å². The lowest BCUT2D eigenvalue weighted by molar-refractivity contribution is -0.119. The zero-order chi connectivity index (χ0) is 20.1. The Morgan fingerprint density at radius 3 is 2.56 bits per heavy atom. The number of benzene rings is 1. The molecule has 8 heteroatoms. The third-order valence-corrected chi connectivity index (χ3v) is 3.68. The molecule has 1 heterocycles. The molecule has 0 atom stereocenters. The van der Waals surface area contributed by atoms with Gasteiger partial charge in [-0.25, -0.2) is 4.79 Å². The minimum atomic E-state index is -0.595. The smallest absolute Gasteiger partial charge is 0.340 e. The van der Waals surface area contributed by atoms with Crippen LogP contribution in [0.1, 0.15) is 46.0 Å². The van der Waals surface area contributed by atoms with Crippen LogP contribution in [0.15, 0.2) is 24.3 Å². The van der Waals surface area contributed by atoms with Gasteiger partial charge >= 0.3 is 5.97 Å². The summed E-state index contributed by atoms with van der Waals surface area (Å²) in [4.78, 5) is 38.6. The number of hydrogen-bond acceptors (Lipinski definition) is 5. The summed E-state index contributed by atoms with van der Waals surface area (Å²) in [6.07, 6.45) is -0.258. The molecule has 0 saturated heterocycles. The lowest BCUT2D eigenvalue weighted by Crippen LogP contribution is -2.20. The molecule has 8 nitrogen and oxygen atoms in total. The van der Waals surface area contributed by atoms with Crippen molar-refractivity contribution in [2.75, 3.05) is 11.9 Å². The quantitative estimate of drug-likeness (QED) is 0.643. The highest BCUT2D eigenvalue weighted by Gasteiger charge is 2.23. The highest BCUT2D eigenvalue weighted by Crippen LogP contribution is 2.22. The molecule has 0 spiro atoms. The standard InChI is InChI=1S/C19H23N3O5/c1-10(2)27-19(25)16-11(3)17(21-12(16)4)18(24)22-13-6-5-7-14(8-13)26-9-15(20)23/h5-8,10,21H,9H2,1-4H3,(H2,20,23)(H,22,24). The largest absolute Gasteiger partial charge is 0.484 e. The van der Waals surface area contributed by atoms with E-state index in [1.807, 2.05) is 0 Å². The van der Waals surface area contributed by atoms with E-state index in [1.54, 1.807) is 52.0 Å². The van der Waals surface area contributed by atoms with Gasteiger partial charge in [0.05, 0.1) is 11.7 Å². The number of nitrogens with two attached hydrogens (primary N) is 1. The van der Waals surface area contributed by atoms with Gasteiger partial charge < -0.3 is 25.5 Å². The van der Waals surface area contributed by atoms with Crippen molar-refractivity contribution in [3.05, 3.63) is 46.8 Å². The summed E-state index contributed by atoms with van der Waals surface area (Å²) in [5.74, 6) is -1.08. The maximum atomic E-state index is 12.6. The molecule has 0 aliphatic carbocycles. The molecule has 0 aliphatic rings. The predicted octanol–water partition coefficient (Wildman–Crippen LogP) is 2.31. The van der Waals surface area contributed by atoms with E-state index < -0.39 is 17.8 Å². The van der Waals surface area contributed by atoms with Crippen molar-refractivity contribution in [3.63, 3.8) is 0 Å². The monoisotopic (exact) mass is 373 g/mol. The summed E-state index contributed by atoms with van der Waals surface area (Å²) >= 11 is 0. The Bertz CT molecular complexity index is 870. The van der Waals surface area contributed by atoms with Crippen molar-refractivity contribution in [1.29, 1.82) is 0 Å². The first-order chi connectivity index (χ1) is 12.7. The maximum Gasteiger partial charge on any atom is 0.340 e. The van der Waals surface area contributed by atoms with Crippen LogP contribution in [-0.2, 0) is 9.53 Å². The predicted molar refractivity (Wildman–Crippen MR) is 99.9 cm³/mol. The number of aromatic amines is 1. The Balaban J connectivity index is 2.18. The number of primary amides is 1. The van der Waals surface area contributed by atoms with Crippen LogP contribution >= 0.6 is 0 Å². The third-order valence-electron chi connectivity index (χ3n) is 3.68. The molecule has 0 fully saturated rings. The fourth-order valence-electron chi connectivity index (χ4n) is 2.57. The molecule has 0 radical (unpaired) electrons. The highest BCUT2D eigenvalue weighted by atomic mass is 16.5. The summed E-state index contributed by atoms with van der Waals surface area (Å²) < 4.78 is 10.4. The summed E-state index contributed by atoms with van der Waals surface area (Å²) in [7, 11) is 0. The Hall–Kier alpha value is -3.29. The lowest BCUT2D eigenvalue weighted by Gasteiger charge is -2.09. The van der Waals surface area contributed by atoms with Crippen molar-refractivity contribution in [2.45, 2.75) is 33.8 Å². The van der Waals surface area contributed by atoms with Gasteiger partial charge in [-0.15, -0.1) is 0 Å². The lowest BCUT2D eigenvalue weighted by atomic mass is 10.1. The maximum absolute atomic E-state index is 12.6. The van der Waals surface area contributed by atoms with Gasteiger partial charge in [0.1, 0.15) is 11.4 Å². The molecule has 0 bridgehead atoms. The molecule has 2 aromatic rings. The number of amides is 2. The Kier molecular flexibility index (Phi) is 6.23. The van der Waals surface area contributed by atoms with E-state index in [-0.39, 0.29) is 18.4 Å². The van der Waals surface area contributed by atoms with Crippen molar-refractivity contribution in [1.82, 2.24) is 4.98 Å². The number of hydrogen-bond donors (Lipinski definition) is 3. The van der Waals surface area contributed by atoms with Gasteiger partial charge in [-0.05, 0) is 45.4 Å². The summed E-state index contributed by atoms with van der Waals surface area (Å²) in [5, 5.41) is 2.73. The molecule has 4 N–H and O–H groups in total. The van der Waals surface area contributed by atoms with E-state index in [0.717, 1.165) is 0 Å². The fourth-order valence-corrected chi connectivity index (χ4v) is 2.57. The number of carbonyl (C=O) groups excluding carboxylic acids is 3. The van der Waals surface area contributed by atoms with E-state index in [1.165, 1.54) is 0 Å². The Labute approximate surface area is 157 Å². The van der Waals surface area contributed by atoms with Gasteiger partial charge in [0, 0.05) is 17.4 Å². The molecule has 2 rings (SSSR count). The van der Waals surface area contributed by atoms with Gasteiger partial charge in [0.15, 0.2) is 6.61 Å². The van der Waals surface area contributed by atoms with Gasteiger partial charge in [0.25, 0.3) is 11.8 Å². The van der Waals surface area contributed by atoms with Gasteiger partial charge in [0.2, 0.25) is 0 Å². The molecule has 144 valence electrons. The zero-order valence-corrected chi connectivity index (χ0v) is 15.7. The number of anilines is 1. The van der Waals surface area contributed by atoms with Crippen LogP contribution in [0.5, 0.6) is 5.75 Å². The number of ether oxygens (including phenoxy) is 2. The first-order valence-corrected chi connectivity index (χ1v) is 8.41. The number of nitrogens with one attached hydrogen (secondary N) is 2.